The standard InChI is InChI=1S/C7H9NO2S/c1-11-6-3-2-4-8(5-6)7(9)10/h2-4H,5H2,1H3,(H,9,10). The number of allylic oxidation sites excluding steroid dienone is 2. The van der Waals surface area contributed by atoms with Crippen molar-refractivity contribution in [3.63, 3.8) is 0 Å². The lowest BCUT2D eigenvalue weighted by molar-refractivity contribution is 0.166. The third-order valence-electron chi connectivity index (χ3n) is 1.38. The molecule has 0 spiro atoms. The van der Waals surface area contributed by atoms with E-state index >= 15 is 0 Å². The number of hydrogen-bond donors (Lipinski definition) is 1. The minimum atomic E-state index is -0.902. The van der Waals surface area contributed by atoms with E-state index < -0.39 is 6.09 Å². The maximum Gasteiger partial charge on any atom is 0.411 e. The van der Waals surface area contributed by atoms with E-state index in [1.54, 1.807) is 24.0 Å². The number of rotatable bonds is 1. The van der Waals surface area contributed by atoms with E-state index in [1.807, 2.05) is 12.3 Å². The summed E-state index contributed by atoms with van der Waals surface area (Å²) in [6.45, 7) is 0.479. The van der Waals surface area contributed by atoms with Crippen molar-refractivity contribution >= 4 is 17.9 Å². The Labute approximate surface area is 69.4 Å². The van der Waals surface area contributed by atoms with E-state index in [4.69, 9.17) is 5.11 Å². The number of carbonyl (C=O) groups is 1. The minimum absolute atomic E-state index is 0.479. The molecule has 3 nitrogen and oxygen atoms in total. The summed E-state index contributed by atoms with van der Waals surface area (Å²) in [6.07, 6.45) is 6.25. The van der Waals surface area contributed by atoms with E-state index in [9.17, 15) is 4.79 Å². The second-order valence-corrected chi connectivity index (χ2v) is 3.02. The molecule has 11 heavy (non-hydrogen) atoms. The average Bonchev–Trinajstić information content (AvgIpc) is 2.05. The zero-order valence-corrected chi connectivity index (χ0v) is 6.97. The summed E-state index contributed by atoms with van der Waals surface area (Å²) >= 11 is 1.57. The maximum atomic E-state index is 10.5. The molecule has 0 bridgehead atoms. The SMILES string of the molecule is CSC1=CC=CN(C(=O)O)C1. The molecular formula is C7H9NO2S. The summed E-state index contributed by atoms with van der Waals surface area (Å²) in [5.41, 5.74) is 0. The van der Waals surface area contributed by atoms with Gasteiger partial charge in [0.05, 0.1) is 6.54 Å². The molecule has 0 atom stereocenters. The van der Waals surface area contributed by atoms with Crippen LogP contribution < -0.4 is 0 Å². The Hall–Kier alpha value is -0.900. The first-order valence-electron chi connectivity index (χ1n) is 3.15. The molecule has 1 amide bonds. The number of carboxylic acid groups (broad SMARTS) is 1. The molecule has 0 unspecified atom stereocenters. The Balaban J connectivity index is 2.62. The lowest BCUT2D eigenvalue weighted by Crippen LogP contribution is -2.26. The van der Waals surface area contributed by atoms with Crippen LogP contribution in [0.3, 0.4) is 0 Å². The predicted octanol–water partition coefficient (Wildman–Crippen LogP) is 1.74. The number of hydrogen-bond acceptors (Lipinski definition) is 2. The first-order chi connectivity index (χ1) is 5.24. The normalized spacial score (nSPS) is 16.5. The van der Waals surface area contributed by atoms with Gasteiger partial charge in [0.1, 0.15) is 0 Å². The van der Waals surface area contributed by atoms with Gasteiger partial charge in [-0.3, -0.25) is 4.90 Å². The molecule has 1 aliphatic rings. The summed E-state index contributed by atoms with van der Waals surface area (Å²) in [5, 5.41) is 8.59. The summed E-state index contributed by atoms with van der Waals surface area (Å²) in [5.74, 6) is 0. The van der Waals surface area contributed by atoms with Crippen molar-refractivity contribution in [3.05, 3.63) is 23.3 Å². The quantitative estimate of drug-likeness (QED) is 0.653. The molecule has 0 fully saturated rings. The Bertz CT molecular complexity index is 222. The fourth-order valence-corrected chi connectivity index (χ4v) is 1.27. The second-order valence-electron chi connectivity index (χ2n) is 2.09. The van der Waals surface area contributed by atoms with Crippen LogP contribution in [0.1, 0.15) is 0 Å². The van der Waals surface area contributed by atoms with Gasteiger partial charge in [0, 0.05) is 11.1 Å². The smallest absolute Gasteiger partial charge is 0.411 e. The third kappa shape index (κ3) is 2.01. The highest BCUT2D eigenvalue weighted by Gasteiger charge is 2.11. The van der Waals surface area contributed by atoms with Gasteiger partial charge in [-0.15, -0.1) is 11.8 Å². The molecule has 60 valence electrons. The zero-order chi connectivity index (χ0) is 8.27. The van der Waals surface area contributed by atoms with Crippen molar-refractivity contribution in [1.29, 1.82) is 0 Å². The summed E-state index contributed by atoms with van der Waals surface area (Å²) in [7, 11) is 0. The van der Waals surface area contributed by atoms with Crippen LogP contribution in [-0.2, 0) is 0 Å². The van der Waals surface area contributed by atoms with Crippen LogP contribution in [0.2, 0.25) is 0 Å². The molecule has 0 saturated carbocycles. The van der Waals surface area contributed by atoms with E-state index in [0.717, 1.165) is 4.91 Å². The Morgan fingerprint density at radius 1 is 1.82 bits per heavy atom. The Kier molecular flexibility index (Phi) is 2.59. The maximum absolute atomic E-state index is 10.5. The Morgan fingerprint density at radius 2 is 2.55 bits per heavy atom. The fraction of sp³-hybridized carbons (Fsp3) is 0.286. The van der Waals surface area contributed by atoms with Crippen LogP contribution in [0.5, 0.6) is 0 Å². The van der Waals surface area contributed by atoms with Crippen LogP contribution in [-0.4, -0.2) is 28.9 Å². The van der Waals surface area contributed by atoms with Gasteiger partial charge in [0.2, 0.25) is 0 Å². The molecule has 4 heteroatoms. The first kappa shape index (κ1) is 8.20. The minimum Gasteiger partial charge on any atom is -0.465 e. The summed E-state index contributed by atoms with van der Waals surface area (Å²) in [4.78, 5) is 12.8. The monoisotopic (exact) mass is 171 g/mol. The highest BCUT2D eigenvalue weighted by molar-refractivity contribution is 8.02. The van der Waals surface area contributed by atoms with Crippen molar-refractivity contribution in [2.75, 3.05) is 12.8 Å². The van der Waals surface area contributed by atoms with Crippen LogP contribution in [0.4, 0.5) is 4.79 Å². The van der Waals surface area contributed by atoms with Crippen LogP contribution >= 0.6 is 11.8 Å². The third-order valence-corrected chi connectivity index (χ3v) is 2.17. The van der Waals surface area contributed by atoms with Gasteiger partial charge < -0.3 is 5.11 Å². The number of amides is 1. The fourth-order valence-electron chi connectivity index (χ4n) is 0.792. The highest BCUT2D eigenvalue weighted by atomic mass is 32.2. The first-order valence-corrected chi connectivity index (χ1v) is 4.37. The van der Waals surface area contributed by atoms with Crippen molar-refractivity contribution in [3.8, 4) is 0 Å². The van der Waals surface area contributed by atoms with Gasteiger partial charge in [0.25, 0.3) is 0 Å². The zero-order valence-electron chi connectivity index (χ0n) is 6.15. The number of thioether (sulfide) groups is 1. The van der Waals surface area contributed by atoms with Crippen LogP contribution in [0.25, 0.3) is 0 Å². The number of nitrogens with zero attached hydrogens (tertiary/aromatic N) is 1. The van der Waals surface area contributed by atoms with Gasteiger partial charge in [-0.2, -0.15) is 0 Å². The lowest BCUT2D eigenvalue weighted by Gasteiger charge is -2.17. The van der Waals surface area contributed by atoms with E-state index in [0.29, 0.717) is 6.54 Å². The predicted molar refractivity (Wildman–Crippen MR) is 45.5 cm³/mol. The molecule has 0 radical (unpaired) electrons. The van der Waals surface area contributed by atoms with Gasteiger partial charge in [-0.1, -0.05) is 0 Å². The second kappa shape index (κ2) is 3.48. The average molecular weight is 171 g/mol. The molecule has 1 heterocycles. The molecule has 0 aromatic heterocycles. The van der Waals surface area contributed by atoms with Crippen molar-refractivity contribution in [1.82, 2.24) is 4.90 Å². The molecule has 0 aromatic rings. The summed E-state index contributed by atoms with van der Waals surface area (Å²) in [6, 6.07) is 0. The molecule has 1 aliphatic heterocycles. The molecule has 1 rings (SSSR count). The van der Waals surface area contributed by atoms with E-state index in [2.05, 4.69) is 0 Å². The largest absolute Gasteiger partial charge is 0.465 e. The van der Waals surface area contributed by atoms with Crippen molar-refractivity contribution in [2.24, 2.45) is 0 Å². The van der Waals surface area contributed by atoms with Crippen LogP contribution in [0.15, 0.2) is 23.3 Å². The van der Waals surface area contributed by atoms with Gasteiger partial charge in [-0.05, 0) is 18.4 Å². The Morgan fingerprint density at radius 3 is 3.09 bits per heavy atom. The van der Waals surface area contributed by atoms with Gasteiger partial charge >= 0.3 is 6.09 Å². The van der Waals surface area contributed by atoms with Crippen molar-refractivity contribution in [2.45, 2.75) is 0 Å². The van der Waals surface area contributed by atoms with Gasteiger partial charge in [0.15, 0.2) is 0 Å². The topological polar surface area (TPSA) is 40.5 Å². The molecule has 0 aliphatic carbocycles. The highest BCUT2D eigenvalue weighted by Crippen LogP contribution is 2.16. The molecular weight excluding hydrogens is 162 g/mol. The molecule has 0 saturated heterocycles. The molecule has 1 N–H and O–H groups in total. The van der Waals surface area contributed by atoms with E-state index in [1.165, 1.54) is 4.90 Å². The van der Waals surface area contributed by atoms with Crippen molar-refractivity contribution < 1.29 is 9.90 Å². The van der Waals surface area contributed by atoms with E-state index in [-0.39, 0.29) is 0 Å². The van der Waals surface area contributed by atoms with Gasteiger partial charge in [-0.25, -0.2) is 4.79 Å². The molecule has 0 aromatic carbocycles. The van der Waals surface area contributed by atoms with Crippen LogP contribution in [0, 0.1) is 0 Å². The summed E-state index contributed by atoms with van der Waals surface area (Å²) < 4.78 is 0. The lowest BCUT2D eigenvalue weighted by atomic mass is 10.4.